The molecule has 0 bridgehead atoms. The molecule has 0 aliphatic rings. The second-order valence-corrected chi connectivity index (χ2v) is 5.33. The molecule has 1 atom stereocenters. The van der Waals surface area contributed by atoms with E-state index in [0.29, 0.717) is 11.8 Å². The molecule has 0 radical (unpaired) electrons. The number of carbonyl (C=O) groups is 1. The summed E-state index contributed by atoms with van der Waals surface area (Å²) in [4.78, 5) is 16.2. The van der Waals surface area contributed by atoms with Crippen LogP contribution in [0.1, 0.15) is 39.7 Å². The van der Waals surface area contributed by atoms with Crippen molar-refractivity contribution in [2.75, 3.05) is 0 Å². The highest BCUT2D eigenvalue weighted by Crippen LogP contribution is 2.09. The molecule has 18 heavy (non-hydrogen) atoms. The Kier molecular flexibility index (Phi) is 5.99. The highest BCUT2D eigenvalue weighted by atomic mass is 16.1. The number of hydrogen-bond acceptors (Lipinski definition) is 3. The van der Waals surface area contributed by atoms with Gasteiger partial charge >= 0.3 is 0 Å². The van der Waals surface area contributed by atoms with Crippen LogP contribution in [0, 0.1) is 5.92 Å². The zero-order valence-corrected chi connectivity index (χ0v) is 11.8. The van der Waals surface area contributed by atoms with Crippen LogP contribution in [0.25, 0.3) is 0 Å². The first-order valence-corrected chi connectivity index (χ1v) is 6.69. The first kappa shape index (κ1) is 14.8. The van der Waals surface area contributed by atoms with Gasteiger partial charge in [-0.25, -0.2) is 0 Å². The molecule has 0 aliphatic carbocycles. The van der Waals surface area contributed by atoms with E-state index in [1.165, 1.54) is 5.56 Å². The summed E-state index contributed by atoms with van der Waals surface area (Å²) in [7, 11) is 0. The summed E-state index contributed by atoms with van der Waals surface area (Å²) < 4.78 is 0. The molecule has 1 heterocycles. The number of nitrogens with zero attached hydrogens (tertiary/aromatic N) is 1. The summed E-state index contributed by atoms with van der Waals surface area (Å²) in [6, 6.07) is 4.26. The van der Waals surface area contributed by atoms with E-state index in [2.05, 4.69) is 30.2 Å². The van der Waals surface area contributed by atoms with E-state index in [4.69, 9.17) is 0 Å². The smallest absolute Gasteiger partial charge is 0.152 e. The molecule has 0 saturated heterocycles. The van der Waals surface area contributed by atoms with Crippen LogP contribution < -0.4 is 5.32 Å². The number of nitrogens with one attached hydrogen (secondary N) is 1. The van der Waals surface area contributed by atoms with Crippen molar-refractivity contribution in [2.45, 2.75) is 52.6 Å². The number of rotatable bonds is 7. The molecule has 3 heteroatoms. The average Bonchev–Trinajstić information content (AvgIpc) is 2.34. The van der Waals surface area contributed by atoms with Crippen LogP contribution in [0.15, 0.2) is 24.5 Å². The number of Topliss-reactive ketones (excluding diaryl/α,β-unsaturated/α-hetero) is 1. The van der Waals surface area contributed by atoms with Gasteiger partial charge in [-0.15, -0.1) is 0 Å². The summed E-state index contributed by atoms with van der Waals surface area (Å²) >= 11 is 0. The Bertz CT molecular complexity index is 360. The van der Waals surface area contributed by atoms with Crippen molar-refractivity contribution in [1.29, 1.82) is 0 Å². The second-order valence-electron chi connectivity index (χ2n) is 5.33. The number of hydrogen-bond donors (Lipinski definition) is 1. The predicted molar refractivity (Wildman–Crippen MR) is 74.5 cm³/mol. The van der Waals surface area contributed by atoms with E-state index in [-0.39, 0.29) is 12.0 Å². The van der Waals surface area contributed by atoms with Crippen LogP contribution in [0.5, 0.6) is 0 Å². The fourth-order valence-electron chi connectivity index (χ4n) is 1.97. The van der Waals surface area contributed by atoms with Crippen LogP contribution in [-0.2, 0) is 11.2 Å². The molecule has 0 spiro atoms. The lowest BCUT2D eigenvalue weighted by Crippen LogP contribution is -2.43. The number of ketones is 1. The lowest BCUT2D eigenvalue weighted by Gasteiger charge is -2.21. The molecule has 100 valence electrons. The summed E-state index contributed by atoms with van der Waals surface area (Å²) in [5.41, 5.74) is 1.18. The minimum Gasteiger partial charge on any atom is -0.305 e. The van der Waals surface area contributed by atoms with Gasteiger partial charge in [-0.1, -0.05) is 33.8 Å². The van der Waals surface area contributed by atoms with Crippen LogP contribution in [0.4, 0.5) is 0 Å². The van der Waals surface area contributed by atoms with Gasteiger partial charge in [0.25, 0.3) is 0 Å². The topological polar surface area (TPSA) is 42.0 Å². The van der Waals surface area contributed by atoms with Crippen molar-refractivity contribution in [3.8, 4) is 0 Å². The highest BCUT2D eigenvalue weighted by molar-refractivity contribution is 5.85. The molecule has 1 aromatic heterocycles. The molecule has 1 rings (SSSR count). The maximum atomic E-state index is 12.1. The largest absolute Gasteiger partial charge is 0.305 e. The summed E-state index contributed by atoms with van der Waals surface area (Å²) in [5.74, 6) is 0.378. The summed E-state index contributed by atoms with van der Waals surface area (Å²) in [6.45, 7) is 8.07. The van der Waals surface area contributed by atoms with Gasteiger partial charge in [0.15, 0.2) is 5.78 Å². The molecule has 1 N–H and O–H groups in total. The monoisotopic (exact) mass is 248 g/mol. The zero-order chi connectivity index (χ0) is 13.5. The SMILES string of the molecule is CC(C)NC(CCc1cccnc1)C(=O)C(C)C. The van der Waals surface area contributed by atoms with Crippen LogP contribution in [0.2, 0.25) is 0 Å². The third kappa shape index (κ3) is 4.96. The molecular formula is C15H24N2O. The fraction of sp³-hybridized carbons (Fsp3) is 0.600. The average molecular weight is 248 g/mol. The van der Waals surface area contributed by atoms with E-state index in [0.717, 1.165) is 12.8 Å². The highest BCUT2D eigenvalue weighted by Gasteiger charge is 2.21. The van der Waals surface area contributed by atoms with Gasteiger partial charge in [-0.3, -0.25) is 9.78 Å². The van der Waals surface area contributed by atoms with E-state index in [1.807, 2.05) is 26.1 Å². The molecule has 1 aromatic rings. The van der Waals surface area contributed by atoms with Crippen molar-refractivity contribution >= 4 is 5.78 Å². The number of carbonyl (C=O) groups excluding carboxylic acids is 1. The van der Waals surface area contributed by atoms with E-state index in [1.54, 1.807) is 6.20 Å². The molecule has 0 fully saturated rings. The van der Waals surface area contributed by atoms with Crippen LogP contribution in [-0.4, -0.2) is 22.9 Å². The molecule has 0 saturated carbocycles. The van der Waals surface area contributed by atoms with Gasteiger partial charge in [0.1, 0.15) is 0 Å². The first-order chi connectivity index (χ1) is 8.50. The van der Waals surface area contributed by atoms with Crippen molar-refractivity contribution in [2.24, 2.45) is 5.92 Å². The van der Waals surface area contributed by atoms with Gasteiger partial charge in [0.2, 0.25) is 0 Å². The van der Waals surface area contributed by atoms with Gasteiger partial charge in [-0.2, -0.15) is 0 Å². The quantitative estimate of drug-likeness (QED) is 0.806. The van der Waals surface area contributed by atoms with E-state index >= 15 is 0 Å². The maximum Gasteiger partial charge on any atom is 0.152 e. The Morgan fingerprint density at radius 2 is 2.06 bits per heavy atom. The third-order valence-electron chi connectivity index (χ3n) is 2.89. The van der Waals surface area contributed by atoms with Crippen molar-refractivity contribution in [3.63, 3.8) is 0 Å². The van der Waals surface area contributed by atoms with Crippen LogP contribution in [0.3, 0.4) is 0 Å². The third-order valence-corrected chi connectivity index (χ3v) is 2.89. The number of aromatic nitrogens is 1. The van der Waals surface area contributed by atoms with Crippen molar-refractivity contribution in [3.05, 3.63) is 30.1 Å². The first-order valence-electron chi connectivity index (χ1n) is 6.69. The van der Waals surface area contributed by atoms with Crippen molar-refractivity contribution in [1.82, 2.24) is 10.3 Å². The fourth-order valence-corrected chi connectivity index (χ4v) is 1.97. The Morgan fingerprint density at radius 3 is 2.56 bits per heavy atom. The molecule has 1 unspecified atom stereocenters. The van der Waals surface area contributed by atoms with E-state index in [9.17, 15) is 4.79 Å². The normalized spacial score (nSPS) is 13.0. The molecule has 0 amide bonds. The maximum absolute atomic E-state index is 12.1. The Hall–Kier alpha value is -1.22. The Labute approximate surface area is 110 Å². The minimum absolute atomic E-state index is 0.0507. The molecule has 0 aromatic carbocycles. The minimum atomic E-state index is -0.0507. The van der Waals surface area contributed by atoms with Crippen molar-refractivity contribution < 1.29 is 4.79 Å². The number of pyridine rings is 1. The van der Waals surface area contributed by atoms with Gasteiger partial charge in [0.05, 0.1) is 6.04 Å². The zero-order valence-electron chi connectivity index (χ0n) is 11.8. The Morgan fingerprint density at radius 1 is 1.33 bits per heavy atom. The molecular weight excluding hydrogens is 224 g/mol. The molecule has 0 aliphatic heterocycles. The van der Waals surface area contributed by atoms with Gasteiger partial charge in [0, 0.05) is 24.4 Å². The second kappa shape index (κ2) is 7.27. The number of aryl methyl sites for hydroxylation is 1. The lowest BCUT2D eigenvalue weighted by atomic mass is 9.96. The summed E-state index contributed by atoms with van der Waals surface area (Å²) in [5, 5.41) is 3.36. The summed E-state index contributed by atoms with van der Waals surface area (Å²) in [6.07, 6.45) is 5.36. The molecule has 3 nitrogen and oxygen atoms in total. The standard InChI is InChI=1S/C15H24N2O/c1-11(2)15(18)14(17-12(3)4)8-7-13-6-5-9-16-10-13/h5-6,9-12,14,17H,7-8H2,1-4H3. The van der Waals surface area contributed by atoms with Gasteiger partial charge < -0.3 is 5.32 Å². The Balaban J connectivity index is 2.59. The lowest BCUT2D eigenvalue weighted by molar-refractivity contribution is -0.124. The van der Waals surface area contributed by atoms with Crippen LogP contribution >= 0.6 is 0 Å². The van der Waals surface area contributed by atoms with Gasteiger partial charge in [-0.05, 0) is 24.5 Å². The predicted octanol–water partition coefficient (Wildman–Crippen LogP) is 2.61. The van der Waals surface area contributed by atoms with E-state index < -0.39 is 0 Å².